The number of benzene rings is 1. The van der Waals surface area contributed by atoms with Crippen LogP contribution in [-0.2, 0) is 16.1 Å². The van der Waals surface area contributed by atoms with Crippen molar-refractivity contribution in [3.63, 3.8) is 0 Å². The first-order valence-electron chi connectivity index (χ1n) is 6.55. The highest BCUT2D eigenvalue weighted by Crippen LogP contribution is 2.28. The molecule has 1 amide bonds. The summed E-state index contributed by atoms with van der Waals surface area (Å²) in [6.07, 6.45) is 2.12. The first kappa shape index (κ1) is 13.6. The van der Waals surface area contributed by atoms with Crippen molar-refractivity contribution in [2.75, 3.05) is 13.1 Å². The van der Waals surface area contributed by atoms with Crippen LogP contribution < -0.4 is 0 Å². The first-order valence-corrected chi connectivity index (χ1v) is 6.55. The van der Waals surface area contributed by atoms with Gasteiger partial charge < -0.3 is 14.4 Å². The van der Waals surface area contributed by atoms with Gasteiger partial charge in [0, 0.05) is 18.5 Å². The van der Waals surface area contributed by atoms with Gasteiger partial charge >= 0.3 is 6.09 Å². The Labute approximate surface area is 113 Å². The Morgan fingerprint density at radius 3 is 2.53 bits per heavy atom. The van der Waals surface area contributed by atoms with Crippen LogP contribution in [-0.4, -0.2) is 30.4 Å². The van der Waals surface area contributed by atoms with Gasteiger partial charge in [-0.3, -0.25) is 0 Å². The second kappa shape index (κ2) is 5.87. The van der Waals surface area contributed by atoms with E-state index in [1.807, 2.05) is 37.3 Å². The summed E-state index contributed by atoms with van der Waals surface area (Å²) >= 11 is 0. The molecule has 1 saturated heterocycles. The highest BCUT2D eigenvalue weighted by Gasteiger charge is 2.31. The zero-order valence-electron chi connectivity index (χ0n) is 11.2. The lowest BCUT2D eigenvalue weighted by Gasteiger charge is -2.35. The van der Waals surface area contributed by atoms with Crippen molar-refractivity contribution in [3.05, 3.63) is 35.9 Å². The topological polar surface area (TPSA) is 46.6 Å². The van der Waals surface area contributed by atoms with Crippen LogP contribution in [0.2, 0.25) is 0 Å². The normalized spacial score (nSPS) is 17.8. The van der Waals surface area contributed by atoms with E-state index in [-0.39, 0.29) is 11.5 Å². The fourth-order valence-corrected chi connectivity index (χ4v) is 2.13. The van der Waals surface area contributed by atoms with E-state index in [4.69, 9.17) is 4.74 Å². The van der Waals surface area contributed by atoms with Crippen LogP contribution in [0, 0.1) is 5.41 Å². The molecule has 1 aliphatic rings. The van der Waals surface area contributed by atoms with Crippen molar-refractivity contribution in [2.45, 2.75) is 26.4 Å². The number of likely N-dealkylation sites (tertiary alicyclic amines) is 1. The zero-order valence-corrected chi connectivity index (χ0v) is 11.2. The predicted molar refractivity (Wildman–Crippen MR) is 71.6 cm³/mol. The molecule has 0 aliphatic carbocycles. The molecule has 0 saturated carbocycles. The van der Waals surface area contributed by atoms with Gasteiger partial charge in [0.05, 0.1) is 0 Å². The van der Waals surface area contributed by atoms with Crippen LogP contribution in [0.15, 0.2) is 30.3 Å². The molecule has 0 bridgehead atoms. The van der Waals surface area contributed by atoms with Crippen LogP contribution >= 0.6 is 0 Å². The molecule has 1 aliphatic heterocycles. The number of carbonyl (C=O) groups excluding carboxylic acids is 2. The molecule has 1 aromatic rings. The molecular formula is C15H19NO3. The molecule has 1 aromatic carbocycles. The molecule has 0 unspecified atom stereocenters. The Morgan fingerprint density at radius 1 is 1.32 bits per heavy atom. The summed E-state index contributed by atoms with van der Waals surface area (Å²) in [6, 6.07) is 9.61. The Hall–Kier alpha value is -1.84. The summed E-state index contributed by atoms with van der Waals surface area (Å²) in [5, 5.41) is 0. The molecule has 0 aromatic heterocycles. The van der Waals surface area contributed by atoms with Gasteiger partial charge in [0.1, 0.15) is 12.9 Å². The number of nitrogens with zero attached hydrogens (tertiary/aromatic N) is 1. The second-order valence-corrected chi connectivity index (χ2v) is 5.30. The maximum Gasteiger partial charge on any atom is 0.410 e. The molecule has 1 fully saturated rings. The van der Waals surface area contributed by atoms with Crippen molar-refractivity contribution in [3.8, 4) is 0 Å². The van der Waals surface area contributed by atoms with E-state index in [9.17, 15) is 9.59 Å². The average molecular weight is 261 g/mol. The van der Waals surface area contributed by atoms with E-state index in [0.717, 1.165) is 11.8 Å². The molecule has 102 valence electrons. The SMILES string of the molecule is CC1(C=O)CCN(C(=O)OCc2ccccc2)CC1. The third-order valence-electron chi connectivity index (χ3n) is 3.65. The summed E-state index contributed by atoms with van der Waals surface area (Å²) in [5.41, 5.74) is 0.696. The number of carbonyl (C=O) groups is 2. The molecule has 0 N–H and O–H groups in total. The van der Waals surface area contributed by atoms with Crippen LogP contribution in [0.1, 0.15) is 25.3 Å². The van der Waals surface area contributed by atoms with Crippen molar-refractivity contribution in [2.24, 2.45) is 5.41 Å². The second-order valence-electron chi connectivity index (χ2n) is 5.30. The third-order valence-corrected chi connectivity index (χ3v) is 3.65. The number of ether oxygens (including phenoxy) is 1. The minimum Gasteiger partial charge on any atom is -0.445 e. The number of amides is 1. The van der Waals surface area contributed by atoms with Gasteiger partial charge in [-0.15, -0.1) is 0 Å². The van der Waals surface area contributed by atoms with E-state index in [2.05, 4.69) is 0 Å². The molecule has 4 heteroatoms. The fraction of sp³-hybridized carbons (Fsp3) is 0.467. The molecule has 1 heterocycles. The van der Waals surface area contributed by atoms with Gasteiger partial charge in [-0.1, -0.05) is 37.3 Å². The van der Waals surface area contributed by atoms with E-state index < -0.39 is 0 Å². The van der Waals surface area contributed by atoms with E-state index in [0.29, 0.717) is 32.5 Å². The molecule has 19 heavy (non-hydrogen) atoms. The lowest BCUT2D eigenvalue weighted by atomic mass is 9.82. The minimum absolute atomic E-state index is 0.282. The summed E-state index contributed by atoms with van der Waals surface area (Å²) in [6.45, 7) is 3.40. The highest BCUT2D eigenvalue weighted by atomic mass is 16.6. The van der Waals surface area contributed by atoms with Gasteiger partial charge in [-0.2, -0.15) is 0 Å². The standard InChI is InChI=1S/C15H19NO3/c1-15(12-17)7-9-16(10-8-15)14(18)19-11-13-5-3-2-4-6-13/h2-6,12H,7-11H2,1H3. The van der Waals surface area contributed by atoms with Gasteiger partial charge in [0.15, 0.2) is 0 Å². The Kier molecular flexibility index (Phi) is 4.20. The monoisotopic (exact) mass is 261 g/mol. The number of hydrogen-bond donors (Lipinski definition) is 0. The number of aldehydes is 1. The van der Waals surface area contributed by atoms with Crippen LogP contribution in [0.5, 0.6) is 0 Å². The van der Waals surface area contributed by atoms with E-state index in [1.165, 1.54) is 0 Å². The van der Waals surface area contributed by atoms with Crippen LogP contribution in [0.4, 0.5) is 4.79 Å². The van der Waals surface area contributed by atoms with Gasteiger partial charge in [0.25, 0.3) is 0 Å². The Morgan fingerprint density at radius 2 is 1.95 bits per heavy atom. The average Bonchev–Trinajstić information content (AvgIpc) is 2.47. The highest BCUT2D eigenvalue weighted by molar-refractivity contribution is 5.68. The lowest BCUT2D eigenvalue weighted by molar-refractivity contribution is -0.117. The summed E-state index contributed by atoms with van der Waals surface area (Å²) in [4.78, 5) is 24.5. The number of hydrogen-bond acceptors (Lipinski definition) is 3. The fourth-order valence-electron chi connectivity index (χ4n) is 2.13. The quantitative estimate of drug-likeness (QED) is 0.786. The van der Waals surface area contributed by atoms with Gasteiger partial charge in [-0.25, -0.2) is 4.79 Å². The van der Waals surface area contributed by atoms with Gasteiger partial charge in [0.2, 0.25) is 0 Å². The molecular weight excluding hydrogens is 242 g/mol. The number of piperidine rings is 1. The Bertz CT molecular complexity index is 436. The zero-order chi connectivity index (χ0) is 13.7. The molecule has 0 atom stereocenters. The molecule has 0 radical (unpaired) electrons. The maximum absolute atomic E-state index is 11.9. The smallest absolute Gasteiger partial charge is 0.410 e. The van der Waals surface area contributed by atoms with E-state index in [1.54, 1.807) is 4.90 Å². The van der Waals surface area contributed by atoms with Crippen LogP contribution in [0.25, 0.3) is 0 Å². The van der Waals surface area contributed by atoms with Crippen molar-refractivity contribution in [1.82, 2.24) is 4.90 Å². The third kappa shape index (κ3) is 3.56. The first-order chi connectivity index (χ1) is 9.13. The van der Waals surface area contributed by atoms with Crippen molar-refractivity contribution in [1.29, 1.82) is 0 Å². The molecule has 4 nitrogen and oxygen atoms in total. The summed E-state index contributed by atoms with van der Waals surface area (Å²) in [5.74, 6) is 0. The lowest BCUT2D eigenvalue weighted by Crippen LogP contribution is -2.42. The Balaban J connectivity index is 1.80. The number of rotatable bonds is 3. The maximum atomic E-state index is 11.9. The van der Waals surface area contributed by atoms with E-state index >= 15 is 0 Å². The molecule has 0 spiro atoms. The largest absolute Gasteiger partial charge is 0.445 e. The van der Waals surface area contributed by atoms with Gasteiger partial charge in [-0.05, 0) is 18.4 Å². The van der Waals surface area contributed by atoms with Crippen molar-refractivity contribution < 1.29 is 14.3 Å². The predicted octanol–water partition coefficient (Wildman–Crippen LogP) is 2.62. The molecule has 2 rings (SSSR count). The summed E-state index contributed by atoms with van der Waals surface area (Å²) < 4.78 is 5.27. The van der Waals surface area contributed by atoms with Crippen LogP contribution in [0.3, 0.4) is 0 Å². The van der Waals surface area contributed by atoms with Crippen molar-refractivity contribution >= 4 is 12.4 Å². The minimum atomic E-state index is -0.295. The summed E-state index contributed by atoms with van der Waals surface area (Å²) in [7, 11) is 0.